The Kier molecular flexibility index (Phi) is 2.68. The van der Waals surface area contributed by atoms with Gasteiger partial charge in [-0.1, -0.05) is 0 Å². The van der Waals surface area contributed by atoms with Crippen molar-refractivity contribution in [1.82, 2.24) is 10.3 Å². The van der Waals surface area contributed by atoms with E-state index in [1.54, 1.807) is 0 Å². The number of hydrazone groups is 1. The summed E-state index contributed by atoms with van der Waals surface area (Å²) in [6.45, 7) is 6.48. The maximum Gasteiger partial charge on any atom is 0.338 e. The summed E-state index contributed by atoms with van der Waals surface area (Å²) in [6, 6.07) is 0.110. The Hall–Kier alpha value is -1.06. The first-order valence-corrected chi connectivity index (χ1v) is 4.26. The summed E-state index contributed by atoms with van der Waals surface area (Å²) in [5.74, 6) is 0. The van der Waals surface area contributed by atoms with Gasteiger partial charge in [0.2, 0.25) is 0 Å². The Balaban J connectivity index is 2.57. The van der Waals surface area contributed by atoms with Crippen LogP contribution in [0, 0.1) is 0 Å². The molecule has 1 unspecified atom stereocenters. The molecule has 0 aromatic heterocycles. The molecule has 0 aromatic rings. The number of hydrogen-bond donors (Lipinski definition) is 1. The summed E-state index contributed by atoms with van der Waals surface area (Å²) in [4.78, 5) is 11.3. The molecule has 1 atom stereocenters. The quantitative estimate of drug-likeness (QED) is 0.629. The highest BCUT2D eigenvalue weighted by Gasteiger charge is 2.24. The predicted molar refractivity (Wildman–Crippen MR) is 48.1 cm³/mol. The molecular weight excluding hydrogens is 154 g/mol. The number of nitrogens with one attached hydrogen (secondary N) is 1. The predicted octanol–water partition coefficient (Wildman–Crippen LogP) is 1.19. The van der Waals surface area contributed by atoms with Crippen molar-refractivity contribution < 1.29 is 4.79 Å². The Morgan fingerprint density at radius 2 is 2.50 bits per heavy atom. The second-order valence-electron chi connectivity index (χ2n) is 3.07. The Labute approximate surface area is 72.6 Å². The van der Waals surface area contributed by atoms with Gasteiger partial charge in [0.1, 0.15) is 0 Å². The van der Waals surface area contributed by atoms with Gasteiger partial charge in [0.05, 0.1) is 6.04 Å². The molecule has 1 aliphatic heterocycles. The minimum absolute atomic E-state index is 0.0955. The standard InChI is InChI=1S/C8H15N3O/c1-4-9-8(12)11-7(3)5-6(2)10-11/h7H,4-5H2,1-3H3,(H,9,12). The molecule has 4 nitrogen and oxygen atoms in total. The first-order valence-electron chi connectivity index (χ1n) is 4.26. The van der Waals surface area contributed by atoms with Crippen LogP contribution in [-0.4, -0.2) is 29.3 Å². The molecule has 0 saturated heterocycles. The minimum Gasteiger partial charge on any atom is -0.337 e. The van der Waals surface area contributed by atoms with E-state index < -0.39 is 0 Å². The second-order valence-corrected chi connectivity index (χ2v) is 3.07. The second kappa shape index (κ2) is 3.56. The lowest BCUT2D eigenvalue weighted by molar-refractivity contribution is 0.190. The molecule has 68 valence electrons. The van der Waals surface area contributed by atoms with Gasteiger partial charge >= 0.3 is 6.03 Å². The van der Waals surface area contributed by atoms with Gasteiger partial charge in [0.25, 0.3) is 0 Å². The van der Waals surface area contributed by atoms with E-state index in [0.29, 0.717) is 6.54 Å². The van der Waals surface area contributed by atoms with Crippen molar-refractivity contribution in [2.24, 2.45) is 5.10 Å². The maximum atomic E-state index is 11.3. The van der Waals surface area contributed by atoms with Crippen molar-refractivity contribution in [3.8, 4) is 0 Å². The lowest BCUT2D eigenvalue weighted by Crippen LogP contribution is -2.39. The molecule has 0 aliphatic carbocycles. The van der Waals surface area contributed by atoms with E-state index in [-0.39, 0.29) is 12.1 Å². The van der Waals surface area contributed by atoms with Gasteiger partial charge < -0.3 is 5.32 Å². The summed E-state index contributed by atoms with van der Waals surface area (Å²) in [7, 11) is 0. The zero-order valence-electron chi connectivity index (χ0n) is 7.79. The number of carbonyl (C=O) groups excluding carboxylic acids is 1. The molecule has 0 spiro atoms. The highest BCUT2D eigenvalue weighted by Crippen LogP contribution is 2.13. The van der Waals surface area contributed by atoms with Gasteiger partial charge in [-0.2, -0.15) is 5.10 Å². The van der Waals surface area contributed by atoms with Crippen LogP contribution in [0.25, 0.3) is 0 Å². The lowest BCUT2D eigenvalue weighted by atomic mass is 10.2. The fraction of sp³-hybridized carbons (Fsp3) is 0.750. The average Bonchev–Trinajstić information content (AvgIpc) is 2.30. The van der Waals surface area contributed by atoms with Gasteiger partial charge in [-0.05, 0) is 20.8 Å². The Bertz CT molecular complexity index is 212. The van der Waals surface area contributed by atoms with Crippen LogP contribution in [0.5, 0.6) is 0 Å². The van der Waals surface area contributed by atoms with Gasteiger partial charge in [-0.15, -0.1) is 0 Å². The monoisotopic (exact) mass is 169 g/mol. The zero-order valence-corrected chi connectivity index (χ0v) is 7.79. The molecule has 0 bridgehead atoms. The van der Waals surface area contributed by atoms with E-state index in [0.717, 1.165) is 12.1 Å². The topological polar surface area (TPSA) is 44.7 Å². The van der Waals surface area contributed by atoms with Gasteiger partial charge in [0.15, 0.2) is 0 Å². The maximum absolute atomic E-state index is 11.3. The van der Waals surface area contributed by atoms with Crippen molar-refractivity contribution in [2.75, 3.05) is 6.54 Å². The van der Waals surface area contributed by atoms with Crippen LogP contribution in [0.15, 0.2) is 5.10 Å². The zero-order chi connectivity index (χ0) is 9.14. The summed E-state index contributed by atoms with van der Waals surface area (Å²) < 4.78 is 0. The average molecular weight is 169 g/mol. The minimum atomic E-state index is -0.0955. The van der Waals surface area contributed by atoms with Gasteiger partial charge in [-0.25, -0.2) is 9.80 Å². The van der Waals surface area contributed by atoms with Crippen molar-refractivity contribution in [2.45, 2.75) is 33.2 Å². The molecule has 0 radical (unpaired) electrons. The number of carbonyl (C=O) groups is 1. The number of rotatable bonds is 1. The Morgan fingerprint density at radius 1 is 1.83 bits per heavy atom. The number of urea groups is 1. The van der Waals surface area contributed by atoms with Gasteiger partial charge in [-0.3, -0.25) is 0 Å². The first-order chi connectivity index (χ1) is 5.65. The fourth-order valence-corrected chi connectivity index (χ4v) is 1.32. The molecule has 2 amide bonds. The summed E-state index contributed by atoms with van der Waals surface area (Å²) >= 11 is 0. The normalized spacial score (nSPS) is 22.4. The third-order valence-corrected chi connectivity index (χ3v) is 1.82. The molecule has 0 fully saturated rings. The Morgan fingerprint density at radius 3 is 2.92 bits per heavy atom. The number of amides is 2. The van der Waals surface area contributed by atoms with E-state index in [4.69, 9.17) is 0 Å². The van der Waals surface area contributed by atoms with Gasteiger partial charge in [0, 0.05) is 18.7 Å². The van der Waals surface area contributed by atoms with Crippen LogP contribution in [0.2, 0.25) is 0 Å². The van der Waals surface area contributed by atoms with E-state index in [1.807, 2.05) is 20.8 Å². The SMILES string of the molecule is CCNC(=O)N1N=C(C)CC1C. The molecule has 4 heteroatoms. The molecule has 1 heterocycles. The molecule has 1 aliphatic rings. The van der Waals surface area contributed by atoms with Crippen molar-refractivity contribution in [3.63, 3.8) is 0 Å². The fourth-order valence-electron chi connectivity index (χ4n) is 1.32. The van der Waals surface area contributed by atoms with Crippen LogP contribution in [0.3, 0.4) is 0 Å². The number of hydrogen-bond acceptors (Lipinski definition) is 2. The third kappa shape index (κ3) is 1.75. The molecule has 1 N–H and O–H groups in total. The third-order valence-electron chi connectivity index (χ3n) is 1.82. The summed E-state index contributed by atoms with van der Waals surface area (Å²) in [5.41, 5.74) is 1.02. The lowest BCUT2D eigenvalue weighted by Gasteiger charge is -2.17. The smallest absolute Gasteiger partial charge is 0.337 e. The van der Waals surface area contributed by atoms with E-state index >= 15 is 0 Å². The molecular formula is C8H15N3O. The largest absolute Gasteiger partial charge is 0.338 e. The number of nitrogens with zero attached hydrogens (tertiary/aromatic N) is 2. The van der Waals surface area contributed by atoms with E-state index in [2.05, 4.69) is 10.4 Å². The van der Waals surface area contributed by atoms with Crippen LogP contribution >= 0.6 is 0 Å². The van der Waals surface area contributed by atoms with E-state index in [1.165, 1.54) is 5.01 Å². The first kappa shape index (κ1) is 9.03. The van der Waals surface area contributed by atoms with Crippen molar-refractivity contribution in [1.29, 1.82) is 0 Å². The molecule has 12 heavy (non-hydrogen) atoms. The molecule has 0 aromatic carbocycles. The van der Waals surface area contributed by atoms with Crippen LogP contribution < -0.4 is 5.32 Å². The highest BCUT2D eigenvalue weighted by molar-refractivity contribution is 5.87. The van der Waals surface area contributed by atoms with Crippen LogP contribution in [-0.2, 0) is 0 Å². The summed E-state index contributed by atoms with van der Waals surface area (Å²) in [6.07, 6.45) is 0.886. The van der Waals surface area contributed by atoms with E-state index in [9.17, 15) is 4.79 Å². The summed E-state index contributed by atoms with van der Waals surface area (Å²) in [5, 5.41) is 8.36. The van der Waals surface area contributed by atoms with Crippen LogP contribution in [0.4, 0.5) is 4.79 Å². The molecule has 0 saturated carbocycles. The highest BCUT2D eigenvalue weighted by atomic mass is 16.2. The van der Waals surface area contributed by atoms with Crippen molar-refractivity contribution >= 4 is 11.7 Å². The van der Waals surface area contributed by atoms with Crippen molar-refractivity contribution in [3.05, 3.63) is 0 Å². The van der Waals surface area contributed by atoms with Crippen LogP contribution in [0.1, 0.15) is 27.2 Å². The molecule has 1 rings (SSSR count).